The van der Waals surface area contributed by atoms with Crippen LogP contribution in [-0.2, 0) is 0 Å². The van der Waals surface area contributed by atoms with E-state index in [2.05, 4.69) is 46.4 Å². The zero-order chi connectivity index (χ0) is 10.5. The van der Waals surface area contributed by atoms with Crippen molar-refractivity contribution < 1.29 is 0 Å². The second kappa shape index (κ2) is 5.81. The molecule has 0 amide bonds. The SMILES string of the molecule is CCC[Si](CC)(C(C)CC)N(C)C. The molecule has 1 nitrogen and oxygen atoms in total. The molecule has 0 fully saturated rings. The summed E-state index contributed by atoms with van der Waals surface area (Å²) in [5.41, 5.74) is 0.937. The van der Waals surface area contributed by atoms with Crippen LogP contribution in [-0.4, -0.2) is 26.9 Å². The standard InChI is InChI=1S/C11H27NSi/c1-7-10-13(9-3,12(5)6)11(4)8-2/h11H,7-10H2,1-6H3. The van der Waals surface area contributed by atoms with Crippen molar-refractivity contribution >= 4 is 8.24 Å². The van der Waals surface area contributed by atoms with E-state index in [0.717, 1.165) is 5.54 Å². The monoisotopic (exact) mass is 201 g/mol. The summed E-state index contributed by atoms with van der Waals surface area (Å²) >= 11 is 0. The fourth-order valence-corrected chi connectivity index (χ4v) is 7.70. The van der Waals surface area contributed by atoms with E-state index < -0.39 is 8.24 Å². The van der Waals surface area contributed by atoms with Crippen LogP contribution in [0.4, 0.5) is 0 Å². The Morgan fingerprint density at radius 3 is 1.92 bits per heavy atom. The lowest BCUT2D eigenvalue weighted by Gasteiger charge is -2.41. The summed E-state index contributed by atoms with van der Waals surface area (Å²) in [5.74, 6) is 0. The van der Waals surface area contributed by atoms with E-state index in [4.69, 9.17) is 0 Å². The van der Waals surface area contributed by atoms with E-state index in [-0.39, 0.29) is 0 Å². The van der Waals surface area contributed by atoms with Crippen molar-refractivity contribution in [1.29, 1.82) is 0 Å². The number of hydrogen-bond donors (Lipinski definition) is 0. The molecule has 0 rings (SSSR count). The van der Waals surface area contributed by atoms with E-state index in [1.165, 1.54) is 24.9 Å². The van der Waals surface area contributed by atoms with Crippen molar-refractivity contribution in [2.75, 3.05) is 14.1 Å². The van der Waals surface area contributed by atoms with Crippen LogP contribution in [0.15, 0.2) is 0 Å². The van der Waals surface area contributed by atoms with Crippen LogP contribution in [0, 0.1) is 0 Å². The van der Waals surface area contributed by atoms with E-state index >= 15 is 0 Å². The zero-order valence-corrected chi connectivity index (χ0v) is 11.4. The summed E-state index contributed by atoms with van der Waals surface area (Å²) < 4.78 is 2.57. The van der Waals surface area contributed by atoms with Crippen molar-refractivity contribution in [1.82, 2.24) is 4.57 Å². The molecule has 0 heterocycles. The Labute approximate surface area is 85.6 Å². The van der Waals surface area contributed by atoms with Gasteiger partial charge in [-0.15, -0.1) is 0 Å². The molecule has 0 spiro atoms. The van der Waals surface area contributed by atoms with Crippen molar-refractivity contribution in [3.05, 3.63) is 0 Å². The Balaban J connectivity index is 4.63. The van der Waals surface area contributed by atoms with Gasteiger partial charge in [0.25, 0.3) is 0 Å². The van der Waals surface area contributed by atoms with Crippen molar-refractivity contribution in [2.24, 2.45) is 0 Å². The Morgan fingerprint density at radius 2 is 1.69 bits per heavy atom. The summed E-state index contributed by atoms with van der Waals surface area (Å²) in [6.07, 6.45) is 2.70. The van der Waals surface area contributed by atoms with Crippen LogP contribution in [0.3, 0.4) is 0 Å². The Hall–Kier alpha value is 0.177. The molecular formula is C11H27NSi. The van der Waals surface area contributed by atoms with Gasteiger partial charge in [0.05, 0.1) is 0 Å². The summed E-state index contributed by atoms with van der Waals surface area (Å²) in [6.45, 7) is 9.49. The maximum atomic E-state index is 2.57. The molecule has 2 atom stereocenters. The van der Waals surface area contributed by atoms with Crippen LogP contribution in [0.1, 0.15) is 40.5 Å². The first-order valence-corrected chi connectivity index (χ1v) is 8.16. The summed E-state index contributed by atoms with van der Waals surface area (Å²) in [7, 11) is 3.46. The topological polar surface area (TPSA) is 3.24 Å². The van der Waals surface area contributed by atoms with Gasteiger partial charge < -0.3 is 4.57 Å². The maximum absolute atomic E-state index is 2.57. The molecule has 0 aromatic carbocycles. The minimum atomic E-state index is -1.12. The summed E-state index contributed by atoms with van der Waals surface area (Å²) in [4.78, 5) is 0. The highest BCUT2D eigenvalue weighted by Crippen LogP contribution is 2.34. The van der Waals surface area contributed by atoms with Crippen molar-refractivity contribution in [3.8, 4) is 0 Å². The van der Waals surface area contributed by atoms with Gasteiger partial charge in [-0.05, 0) is 31.7 Å². The molecule has 0 aromatic heterocycles. The molecule has 0 bridgehead atoms. The number of nitrogens with zero attached hydrogens (tertiary/aromatic N) is 1. The second-order valence-corrected chi connectivity index (χ2v) is 9.71. The Bertz CT molecular complexity index is 136. The zero-order valence-electron chi connectivity index (χ0n) is 10.4. The lowest BCUT2D eigenvalue weighted by molar-refractivity contribution is 0.565. The molecule has 0 radical (unpaired) electrons. The maximum Gasteiger partial charge on any atom is 0.130 e. The van der Waals surface area contributed by atoms with E-state index in [1.807, 2.05) is 0 Å². The molecule has 0 aromatic rings. The van der Waals surface area contributed by atoms with E-state index in [1.54, 1.807) is 0 Å². The molecule has 2 heteroatoms. The van der Waals surface area contributed by atoms with Gasteiger partial charge in [0.2, 0.25) is 0 Å². The fourth-order valence-electron chi connectivity index (χ4n) is 2.57. The van der Waals surface area contributed by atoms with Crippen LogP contribution in [0.5, 0.6) is 0 Å². The summed E-state index contributed by atoms with van der Waals surface area (Å²) in [6, 6.07) is 2.87. The molecule has 0 aliphatic carbocycles. The van der Waals surface area contributed by atoms with Gasteiger partial charge in [-0.3, -0.25) is 0 Å². The predicted octanol–water partition coefficient (Wildman–Crippen LogP) is 3.72. The minimum Gasteiger partial charge on any atom is -0.329 e. The molecule has 2 unspecified atom stereocenters. The summed E-state index contributed by atoms with van der Waals surface area (Å²) in [5, 5.41) is 0. The lowest BCUT2D eigenvalue weighted by atomic mass is 10.4. The number of hydrogen-bond acceptors (Lipinski definition) is 1. The normalized spacial score (nSPS) is 18.7. The van der Waals surface area contributed by atoms with Crippen LogP contribution in [0.2, 0.25) is 17.6 Å². The lowest BCUT2D eigenvalue weighted by Crippen LogP contribution is -2.51. The molecular weight excluding hydrogens is 174 g/mol. The average Bonchev–Trinajstić information content (AvgIpc) is 2.12. The van der Waals surface area contributed by atoms with Crippen LogP contribution in [0.25, 0.3) is 0 Å². The fraction of sp³-hybridized carbons (Fsp3) is 1.00. The highest BCUT2D eigenvalue weighted by molar-refractivity contribution is 6.78. The van der Waals surface area contributed by atoms with Gasteiger partial charge in [-0.2, -0.15) is 0 Å². The highest BCUT2D eigenvalue weighted by Gasteiger charge is 2.37. The van der Waals surface area contributed by atoms with Crippen LogP contribution < -0.4 is 0 Å². The van der Waals surface area contributed by atoms with Gasteiger partial charge in [0, 0.05) is 0 Å². The molecule has 80 valence electrons. The van der Waals surface area contributed by atoms with Gasteiger partial charge in [0.15, 0.2) is 0 Å². The first kappa shape index (κ1) is 13.2. The van der Waals surface area contributed by atoms with Crippen molar-refractivity contribution in [3.63, 3.8) is 0 Å². The minimum absolute atomic E-state index is 0.937. The highest BCUT2D eigenvalue weighted by atomic mass is 28.3. The second-order valence-electron chi connectivity index (χ2n) is 4.41. The Morgan fingerprint density at radius 1 is 1.15 bits per heavy atom. The van der Waals surface area contributed by atoms with E-state index in [0.29, 0.717) is 0 Å². The first-order valence-electron chi connectivity index (χ1n) is 5.72. The van der Waals surface area contributed by atoms with Gasteiger partial charge in [-0.1, -0.05) is 40.5 Å². The van der Waals surface area contributed by atoms with Gasteiger partial charge >= 0.3 is 0 Å². The molecule has 0 N–H and O–H groups in total. The Kier molecular flexibility index (Phi) is 5.89. The molecule has 13 heavy (non-hydrogen) atoms. The molecule has 0 saturated heterocycles. The molecule has 0 aliphatic heterocycles. The third kappa shape index (κ3) is 2.81. The third-order valence-corrected chi connectivity index (χ3v) is 10.3. The third-order valence-electron chi connectivity index (χ3n) is 3.72. The number of rotatable bonds is 6. The predicted molar refractivity (Wildman–Crippen MR) is 64.7 cm³/mol. The van der Waals surface area contributed by atoms with Crippen molar-refractivity contribution in [2.45, 2.75) is 58.2 Å². The van der Waals surface area contributed by atoms with Crippen LogP contribution >= 0.6 is 0 Å². The molecule has 0 saturated carbocycles. The quantitative estimate of drug-likeness (QED) is 0.592. The van der Waals surface area contributed by atoms with Gasteiger partial charge in [-0.25, -0.2) is 0 Å². The molecule has 0 aliphatic rings. The van der Waals surface area contributed by atoms with Gasteiger partial charge in [0.1, 0.15) is 8.24 Å². The smallest absolute Gasteiger partial charge is 0.130 e. The largest absolute Gasteiger partial charge is 0.329 e. The van der Waals surface area contributed by atoms with E-state index in [9.17, 15) is 0 Å². The first-order chi connectivity index (χ1) is 6.05. The average molecular weight is 201 g/mol.